The van der Waals surface area contributed by atoms with Crippen LogP contribution in [0.25, 0.3) is 11.2 Å². The minimum Gasteiger partial charge on any atom is -0.454 e. The maximum atomic E-state index is 13.0. The van der Waals surface area contributed by atoms with Gasteiger partial charge in [0, 0.05) is 0 Å². The number of imidazole rings is 1. The SMILES string of the molecule is CC(C)[C@H](N)C(=O)O[C@@H]1[C@H](OC(=O)[C@@H](N)C(C)C)[C@@H](CO)O[C@H]1n1cnc2c(NC3(CO)CCCC3)ncnc21. The fourth-order valence-corrected chi connectivity index (χ4v) is 5.07. The third kappa shape index (κ3) is 5.91. The first kappa shape index (κ1) is 30.1. The fourth-order valence-electron chi connectivity index (χ4n) is 5.07. The van der Waals surface area contributed by atoms with Gasteiger partial charge in [0.2, 0.25) is 0 Å². The number of anilines is 1. The molecule has 0 radical (unpaired) electrons. The molecule has 3 heterocycles. The number of fused-ring (bicyclic) bond motifs is 1. The number of hydrogen-bond donors (Lipinski definition) is 5. The molecule has 4 rings (SSSR count). The highest BCUT2D eigenvalue weighted by atomic mass is 16.6. The highest BCUT2D eigenvalue weighted by Crippen LogP contribution is 2.38. The van der Waals surface area contributed by atoms with Crippen molar-refractivity contribution in [2.45, 2.75) is 95.5 Å². The zero-order valence-electron chi connectivity index (χ0n) is 23.4. The number of nitrogens with two attached hydrogens (primary N) is 2. The van der Waals surface area contributed by atoms with Crippen molar-refractivity contribution >= 4 is 28.9 Å². The van der Waals surface area contributed by atoms with E-state index in [2.05, 4.69) is 20.3 Å². The van der Waals surface area contributed by atoms with Crippen molar-refractivity contribution in [1.29, 1.82) is 0 Å². The lowest BCUT2D eigenvalue weighted by molar-refractivity contribution is -0.171. The van der Waals surface area contributed by atoms with Crippen molar-refractivity contribution in [3.8, 4) is 0 Å². The summed E-state index contributed by atoms with van der Waals surface area (Å²) in [6, 6.07) is -1.88. The zero-order valence-corrected chi connectivity index (χ0v) is 23.4. The van der Waals surface area contributed by atoms with Gasteiger partial charge in [-0.15, -0.1) is 0 Å². The van der Waals surface area contributed by atoms with E-state index in [1.807, 2.05) is 0 Å². The van der Waals surface area contributed by atoms with Crippen LogP contribution in [-0.2, 0) is 23.8 Å². The van der Waals surface area contributed by atoms with Crippen molar-refractivity contribution < 1.29 is 34.0 Å². The summed E-state index contributed by atoms with van der Waals surface area (Å²) in [7, 11) is 0. The van der Waals surface area contributed by atoms with E-state index in [4.69, 9.17) is 25.7 Å². The number of aromatic nitrogens is 4. The Morgan fingerprint density at radius 2 is 1.65 bits per heavy atom. The van der Waals surface area contributed by atoms with Gasteiger partial charge in [-0.05, 0) is 24.7 Å². The highest BCUT2D eigenvalue weighted by Gasteiger charge is 2.51. The fraction of sp³-hybridized carbons (Fsp3) is 0.731. The molecule has 1 aliphatic heterocycles. The summed E-state index contributed by atoms with van der Waals surface area (Å²) in [6.45, 7) is 6.53. The number of nitrogens with one attached hydrogen (secondary N) is 1. The lowest BCUT2D eigenvalue weighted by atomic mass is 9.99. The van der Waals surface area contributed by atoms with Gasteiger partial charge in [-0.3, -0.25) is 14.2 Å². The molecule has 222 valence electrons. The first-order valence-corrected chi connectivity index (χ1v) is 13.8. The molecule has 2 aromatic heterocycles. The summed E-state index contributed by atoms with van der Waals surface area (Å²) in [5.41, 5.74) is 12.3. The van der Waals surface area contributed by atoms with Gasteiger partial charge in [0.1, 0.15) is 24.5 Å². The Labute approximate surface area is 232 Å². The highest BCUT2D eigenvalue weighted by molar-refractivity contribution is 5.83. The van der Waals surface area contributed by atoms with E-state index in [0.717, 1.165) is 25.7 Å². The quantitative estimate of drug-likeness (QED) is 0.232. The molecule has 2 fully saturated rings. The van der Waals surface area contributed by atoms with Gasteiger partial charge in [-0.1, -0.05) is 40.5 Å². The molecule has 14 nitrogen and oxygen atoms in total. The van der Waals surface area contributed by atoms with Crippen LogP contribution in [0.15, 0.2) is 12.7 Å². The number of aliphatic hydroxyl groups is 2. The van der Waals surface area contributed by atoms with E-state index in [9.17, 15) is 19.8 Å². The summed E-state index contributed by atoms with van der Waals surface area (Å²) in [5, 5.41) is 23.6. The minimum atomic E-state index is -1.19. The average Bonchev–Trinajstić information content (AvgIpc) is 3.66. The maximum absolute atomic E-state index is 13.0. The van der Waals surface area contributed by atoms with Crippen molar-refractivity contribution in [2.75, 3.05) is 18.5 Å². The van der Waals surface area contributed by atoms with Crippen LogP contribution in [0.3, 0.4) is 0 Å². The second-order valence-corrected chi connectivity index (χ2v) is 11.4. The number of hydrogen-bond acceptors (Lipinski definition) is 13. The summed E-state index contributed by atoms with van der Waals surface area (Å²) in [5.74, 6) is -1.42. The predicted molar refractivity (Wildman–Crippen MR) is 144 cm³/mol. The molecule has 1 saturated heterocycles. The Balaban J connectivity index is 1.71. The third-order valence-electron chi connectivity index (χ3n) is 7.83. The van der Waals surface area contributed by atoms with Crippen LogP contribution < -0.4 is 16.8 Å². The van der Waals surface area contributed by atoms with Crippen molar-refractivity contribution in [3.05, 3.63) is 12.7 Å². The van der Waals surface area contributed by atoms with Gasteiger partial charge in [0.15, 0.2) is 35.4 Å². The number of nitrogens with zero attached hydrogens (tertiary/aromatic N) is 4. The molecule has 0 spiro atoms. The molecule has 2 aliphatic rings. The van der Waals surface area contributed by atoms with Gasteiger partial charge in [-0.2, -0.15) is 0 Å². The van der Waals surface area contributed by atoms with Crippen molar-refractivity contribution in [1.82, 2.24) is 19.5 Å². The summed E-state index contributed by atoms with van der Waals surface area (Å²) in [4.78, 5) is 39.1. The second-order valence-electron chi connectivity index (χ2n) is 11.4. The normalized spacial score (nSPS) is 25.9. The lowest BCUT2D eigenvalue weighted by Crippen LogP contribution is -2.47. The first-order chi connectivity index (χ1) is 19.0. The first-order valence-electron chi connectivity index (χ1n) is 13.8. The molecule has 6 atom stereocenters. The smallest absolute Gasteiger partial charge is 0.323 e. The summed E-state index contributed by atoms with van der Waals surface area (Å²) in [6.07, 6.45) is 1.89. The Morgan fingerprint density at radius 3 is 2.20 bits per heavy atom. The van der Waals surface area contributed by atoms with Gasteiger partial charge >= 0.3 is 11.9 Å². The minimum absolute atomic E-state index is 0.0528. The molecule has 0 unspecified atom stereocenters. The standard InChI is InChI=1S/C26H41N7O7/c1-13(2)16(27)24(36)39-19-15(9-34)38-23(20(19)40-25(37)17(28)14(3)4)33-12-31-18-21(29-11-30-22(18)33)32-26(10-35)7-5-6-8-26/h11-17,19-20,23,34-35H,5-10,27-28H2,1-4H3,(H,29,30,32)/t15-,16+,17+,19-,20-,23-/m1/s1. The molecule has 40 heavy (non-hydrogen) atoms. The van der Waals surface area contributed by atoms with Crippen LogP contribution in [0, 0.1) is 11.8 Å². The Morgan fingerprint density at radius 1 is 1.05 bits per heavy atom. The number of rotatable bonds is 11. The van der Waals surface area contributed by atoms with Crippen LogP contribution in [0.5, 0.6) is 0 Å². The van der Waals surface area contributed by atoms with Crippen molar-refractivity contribution in [3.63, 3.8) is 0 Å². The number of carbonyl (C=O) groups is 2. The Kier molecular flexibility index (Phi) is 9.25. The second kappa shape index (κ2) is 12.3. The van der Waals surface area contributed by atoms with Crippen LogP contribution in [0.4, 0.5) is 5.82 Å². The number of esters is 2. The van der Waals surface area contributed by atoms with Crippen LogP contribution in [-0.4, -0.2) is 90.8 Å². The van der Waals surface area contributed by atoms with Crippen LogP contribution >= 0.6 is 0 Å². The molecule has 1 aliphatic carbocycles. The van der Waals surface area contributed by atoms with E-state index in [-0.39, 0.29) is 18.4 Å². The van der Waals surface area contributed by atoms with E-state index >= 15 is 0 Å². The Hall–Kier alpha value is -2.91. The average molecular weight is 564 g/mol. The van der Waals surface area contributed by atoms with Gasteiger partial charge in [0.05, 0.1) is 25.1 Å². The Bertz CT molecular complexity index is 1180. The van der Waals surface area contributed by atoms with Crippen molar-refractivity contribution in [2.24, 2.45) is 23.3 Å². The van der Waals surface area contributed by atoms with Crippen LogP contribution in [0.1, 0.15) is 59.6 Å². The topological polar surface area (TPSA) is 210 Å². The third-order valence-corrected chi connectivity index (χ3v) is 7.83. The van der Waals surface area contributed by atoms with Crippen LogP contribution in [0.2, 0.25) is 0 Å². The molecule has 14 heteroatoms. The molecular weight excluding hydrogens is 522 g/mol. The largest absolute Gasteiger partial charge is 0.454 e. The predicted octanol–water partition coefficient (Wildman–Crippen LogP) is 0.223. The number of carbonyl (C=O) groups excluding carboxylic acids is 2. The molecule has 0 aromatic carbocycles. The summed E-state index contributed by atoms with van der Waals surface area (Å²) < 4.78 is 19.2. The van der Waals surface area contributed by atoms with Gasteiger partial charge in [-0.25, -0.2) is 15.0 Å². The van der Waals surface area contributed by atoms with E-state index < -0.39 is 60.7 Å². The molecule has 7 N–H and O–H groups in total. The monoisotopic (exact) mass is 563 g/mol. The van der Waals surface area contributed by atoms with Gasteiger partial charge < -0.3 is 41.2 Å². The molecular formula is C26H41N7O7. The molecule has 2 aromatic rings. The molecule has 0 bridgehead atoms. The molecule has 1 saturated carbocycles. The summed E-state index contributed by atoms with van der Waals surface area (Å²) >= 11 is 0. The van der Waals surface area contributed by atoms with Gasteiger partial charge in [0.25, 0.3) is 0 Å². The lowest BCUT2D eigenvalue weighted by Gasteiger charge is -2.28. The van der Waals surface area contributed by atoms with E-state index in [1.165, 1.54) is 12.7 Å². The molecule has 0 amide bonds. The number of ether oxygens (including phenoxy) is 3. The number of aliphatic hydroxyl groups excluding tert-OH is 2. The zero-order chi connectivity index (χ0) is 29.2. The van der Waals surface area contributed by atoms with E-state index in [0.29, 0.717) is 17.0 Å². The maximum Gasteiger partial charge on any atom is 0.323 e. The van der Waals surface area contributed by atoms with E-state index in [1.54, 1.807) is 32.3 Å².